The zero-order valence-corrected chi connectivity index (χ0v) is 20.5. The lowest BCUT2D eigenvalue weighted by molar-refractivity contribution is -0.183. The van der Waals surface area contributed by atoms with Crippen molar-refractivity contribution >= 4 is 5.91 Å². The number of aryl methyl sites for hydroxylation is 1. The van der Waals surface area contributed by atoms with Crippen LogP contribution >= 0.6 is 0 Å². The van der Waals surface area contributed by atoms with E-state index in [1.54, 1.807) is 43.8 Å². The van der Waals surface area contributed by atoms with E-state index in [9.17, 15) is 14.0 Å². The molecule has 192 valence electrons. The Hall–Kier alpha value is -3.97. The van der Waals surface area contributed by atoms with Gasteiger partial charge in [0, 0.05) is 50.2 Å². The van der Waals surface area contributed by atoms with Gasteiger partial charge >= 0.3 is 5.69 Å². The van der Waals surface area contributed by atoms with Crippen molar-refractivity contribution in [2.24, 2.45) is 18.9 Å². The molecule has 1 amide bonds. The van der Waals surface area contributed by atoms with Crippen LogP contribution in [0.25, 0.3) is 5.69 Å². The van der Waals surface area contributed by atoms with Gasteiger partial charge in [-0.05, 0) is 55.4 Å². The molecule has 3 aromatic rings. The minimum atomic E-state index is -0.524. The lowest BCUT2D eigenvalue weighted by Gasteiger charge is -2.31. The van der Waals surface area contributed by atoms with E-state index in [2.05, 4.69) is 11.1 Å². The maximum absolute atomic E-state index is 14.7. The Morgan fingerprint density at radius 1 is 1.19 bits per heavy atom. The van der Waals surface area contributed by atoms with Gasteiger partial charge in [0.2, 0.25) is 5.91 Å². The number of imidazole rings is 1. The molecule has 0 spiro atoms. The molecule has 1 saturated carbocycles. The standard InChI is InChI=1S/C27H28FN5O4/c1-31-9-10-32(27(31)35)22-6-7-25(23(28)13-22)36-17-18-2-4-20(5-3-18)26(34)33-24(8-11-37-33)21-12-19(14-29)15-30-16-21/h6-7,9-10,12-13,15-16,18,20,24H,2-5,8,11,17H2,1H3. The van der Waals surface area contributed by atoms with Gasteiger partial charge in [-0.15, -0.1) is 0 Å². The number of benzene rings is 1. The van der Waals surface area contributed by atoms with Crippen LogP contribution in [0, 0.1) is 29.0 Å². The summed E-state index contributed by atoms with van der Waals surface area (Å²) < 4.78 is 23.2. The predicted molar refractivity (Wildman–Crippen MR) is 131 cm³/mol. The summed E-state index contributed by atoms with van der Waals surface area (Å²) in [6, 6.07) is 8.09. The van der Waals surface area contributed by atoms with Crippen LogP contribution in [0.3, 0.4) is 0 Å². The Kier molecular flexibility index (Phi) is 7.06. The van der Waals surface area contributed by atoms with Gasteiger partial charge < -0.3 is 9.30 Å². The molecule has 10 heteroatoms. The molecule has 1 aliphatic carbocycles. The summed E-state index contributed by atoms with van der Waals surface area (Å²) in [5, 5.41) is 10.6. The molecule has 0 N–H and O–H groups in total. The number of nitriles is 1. The van der Waals surface area contributed by atoms with Crippen molar-refractivity contribution in [1.29, 1.82) is 5.26 Å². The zero-order chi connectivity index (χ0) is 25.9. The molecule has 37 heavy (non-hydrogen) atoms. The number of pyridine rings is 1. The lowest BCUT2D eigenvalue weighted by atomic mass is 9.81. The molecule has 2 aromatic heterocycles. The first kappa shape index (κ1) is 24.7. The van der Waals surface area contributed by atoms with Crippen LogP contribution in [-0.4, -0.2) is 38.3 Å². The number of halogens is 1. The summed E-state index contributed by atoms with van der Waals surface area (Å²) in [6.07, 6.45) is 10.0. The van der Waals surface area contributed by atoms with Crippen LogP contribution < -0.4 is 10.4 Å². The number of hydroxylamine groups is 2. The number of rotatable bonds is 6. The molecular weight excluding hydrogens is 477 g/mol. The van der Waals surface area contributed by atoms with E-state index in [1.807, 2.05) is 0 Å². The fourth-order valence-electron chi connectivity index (χ4n) is 5.07. The maximum atomic E-state index is 14.7. The van der Waals surface area contributed by atoms with Crippen LogP contribution in [0.15, 0.2) is 53.8 Å². The molecule has 3 heterocycles. The molecule has 1 unspecified atom stereocenters. The van der Waals surface area contributed by atoms with Crippen molar-refractivity contribution in [3.05, 3.63) is 76.5 Å². The molecule has 5 rings (SSSR count). The minimum Gasteiger partial charge on any atom is -0.490 e. The maximum Gasteiger partial charge on any atom is 0.332 e. The van der Waals surface area contributed by atoms with E-state index in [4.69, 9.17) is 14.8 Å². The smallest absolute Gasteiger partial charge is 0.332 e. The highest BCUT2D eigenvalue weighted by molar-refractivity contribution is 5.78. The van der Waals surface area contributed by atoms with Gasteiger partial charge in [-0.25, -0.2) is 14.2 Å². The van der Waals surface area contributed by atoms with Gasteiger partial charge in [-0.2, -0.15) is 5.26 Å². The third-order valence-electron chi connectivity index (χ3n) is 7.21. The molecular formula is C27H28FN5O4. The monoisotopic (exact) mass is 505 g/mol. The molecule has 1 aliphatic heterocycles. The first-order chi connectivity index (χ1) is 17.9. The molecule has 1 saturated heterocycles. The number of hydrogen-bond donors (Lipinski definition) is 0. The van der Waals surface area contributed by atoms with Crippen LogP contribution in [0.2, 0.25) is 0 Å². The number of hydrogen-bond acceptors (Lipinski definition) is 6. The third kappa shape index (κ3) is 5.13. The van der Waals surface area contributed by atoms with E-state index in [-0.39, 0.29) is 35.2 Å². The van der Waals surface area contributed by atoms with E-state index in [0.29, 0.717) is 43.7 Å². The van der Waals surface area contributed by atoms with E-state index in [0.717, 1.165) is 18.4 Å². The first-order valence-corrected chi connectivity index (χ1v) is 12.4. The minimum absolute atomic E-state index is 0.0398. The molecule has 2 fully saturated rings. The average molecular weight is 506 g/mol. The number of ether oxygens (including phenoxy) is 1. The van der Waals surface area contributed by atoms with Gasteiger partial charge in [-0.1, -0.05) is 0 Å². The largest absolute Gasteiger partial charge is 0.490 e. The summed E-state index contributed by atoms with van der Waals surface area (Å²) in [5.74, 6) is -0.352. The molecule has 1 atom stereocenters. The summed E-state index contributed by atoms with van der Waals surface area (Å²) in [5.41, 5.74) is 1.44. The Labute approximate surface area is 213 Å². The lowest BCUT2D eigenvalue weighted by Crippen LogP contribution is -2.37. The number of aromatic nitrogens is 3. The van der Waals surface area contributed by atoms with Gasteiger partial charge in [-0.3, -0.25) is 19.2 Å². The first-order valence-electron chi connectivity index (χ1n) is 12.4. The van der Waals surface area contributed by atoms with Crippen molar-refractivity contribution < 1.29 is 18.8 Å². The highest BCUT2D eigenvalue weighted by atomic mass is 19.1. The molecule has 0 bridgehead atoms. The Morgan fingerprint density at radius 2 is 2.00 bits per heavy atom. The third-order valence-corrected chi connectivity index (χ3v) is 7.21. The Bertz CT molecular complexity index is 1390. The fourth-order valence-corrected chi connectivity index (χ4v) is 5.07. The Morgan fingerprint density at radius 3 is 2.70 bits per heavy atom. The molecule has 0 radical (unpaired) electrons. The number of carbonyl (C=O) groups is 1. The van der Waals surface area contributed by atoms with Gasteiger partial charge in [0.15, 0.2) is 11.6 Å². The van der Waals surface area contributed by atoms with Gasteiger partial charge in [0.1, 0.15) is 6.07 Å². The zero-order valence-electron chi connectivity index (χ0n) is 20.5. The molecule has 1 aromatic carbocycles. The highest BCUT2D eigenvalue weighted by Gasteiger charge is 2.37. The normalized spacial score (nSPS) is 21.5. The van der Waals surface area contributed by atoms with Gasteiger partial charge in [0.05, 0.1) is 30.5 Å². The summed E-state index contributed by atoms with van der Waals surface area (Å²) in [7, 11) is 1.64. The van der Waals surface area contributed by atoms with Crippen LogP contribution in [0.4, 0.5) is 4.39 Å². The van der Waals surface area contributed by atoms with Crippen molar-refractivity contribution in [2.45, 2.75) is 38.1 Å². The molecule has 9 nitrogen and oxygen atoms in total. The van der Waals surface area contributed by atoms with Crippen molar-refractivity contribution in [1.82, 2.24) is 19.2 Å². The van der Waals surface area contributed by atoms with E-state index in [1.165, 1.54) is 26.5 Å². The second-order valence-electron chi connectivity index (χ2n) is 9.63. The van der Waals surface area contributed by atoms with Crippen LogP contribution in [0.5, 0.6) is 5.75 Å². The van der Waals surface area contributed by atoms with Crippen molar-refractivity contribution in [2.75, 3.05) is 13.2 Å². The predicted octanol–water partition coefficient (Wildman–Crippen LogP) is 3.67. The second-order valence-corrected chi connectivity index (χ2v) is 9.63. The quantitative estimate of drug-likeness (QED) is 0.507. The average Bonchev–Trinajstić information content (AvgIpc) is 3.55. The summed E-state index contributed by atoms with van der Waals surface area (Å²) in [4.78, 5) is 35.2. The van der Waals surface area contributed by atoms with Crippen molar-refractivity contribution in [3.8, 4) is 17.5 Å². The number of amides is 1. The SMILES string of the molecule is Cn1ccn(-c2ccc(OCC3CCC(C(=O)N4OCCC4c4cncc(C#N)c4)CC3)c(F)c2)c1=O. The second kappa shape index (κ2) is 10.6. The number of carbonyl (C=O) groups excluding carboxylic acids is 1. The van der Waals surface area contributed by atoms with E-state index < -0.39 is 5.82 Å². The fraction of sp³-hybridized carbons (Fsp3) is 0.407. The Balaban J connectivity index is 1.15. The number of nitrogens with zero attached hydrogens (tertiary/aromatic N) is 5. The summed E-state index contributed by atoms with van der Waals surface area (Å²) >= 11 is 0. The van der Waals surface area contributed by atoms with Crippen LogP contribution in [0.1, 0.15) is 49.3 Å². The van der Waals surface area contributed by atoms with Crippen LogP contribution in [-0.2, 0) is 16.7 Å². The van der Waals surface area contributed by atoms with Crippen molar-refractivity contribution in [3.63, 3.8) is 0 Å². The summed E-state index contributed by atoms with van der Waals surface area (Å²) in [6.45, 7) is 0.803. The highest BCUT2D eigenvalue weighted by Crippen LogP contribution is 2.36. The van der Waals surface area contributed by atoms with Gasteiger partial charge in [0.25, 0.3) is 0 Å². The van der Waals surface area contributed by atoms with E-state index >= 15 is 0 Å². The topological polar surface area (TPSA) is 102 Å². The molecule has 2 aliphatic rings.